The summed E-state index contributed by atoms with van der Waals surface area (Å²) in [7, 11) is 0. The summed E-state index contributed by atoms with van der Waals surface area (Å²) in [6.07, 6.45) is 4.90. The Balaban J connectivity index is 2.80. The van der Waals surface area contributed by atoms with Crippen LogP contribution in [-0.2, 0) is 0 Å². The largest absolute Gasteiger partial charge is 0.508 e. The molecule has 1 atom stereocenters. The number of hydrogen-bond acceptors (Lipinski definition) is 2. The fourth-order valence-corrected chi connectivity index (χ4v) is 2.37. The van der Waals surface area contributed by atoms with Gasteiger partial charge < -0.3 is 10.2 Å². The summed E-state index contributed by atoms with van der Waals surface area (Å²) in [5.74, 6) is 0.592. The van der Waals surface area contributed by atoms with E-state index < -0.39 is 0 Å². The van der Waals surface area contributed by atoms with Gasteiger partial charge in [0.05, 0.1) is 0 Å². The first-order valence-electron chi connectivity index (χ1n) is 6.89. The van der Waals surface area contributed by atoms with Gasteiger partial charge >= 0.3 is 0 Å². The molecule has 1 unspecified atom stereocenters. The van der Waals surface area contributed by atoms with E-state index >= 15 is 0 Å². The maximum atomic E-state index is 9.56. The predicted octanol–water partition coefficient (Wildman–Crippen LogP) is 4.81. The van der Waals surface area contributed by atoms with Crippen molar-refractivity contribution in [3.05, 3.63) is 23.8 Å². The van der Waals surface area contributed by atoms with Gasteiger partial charge in [0.15, 0.2) is 0 Å². The smallest absolute Gasteiger partial charge is 0.119 e. The number of benzene rings is 1. The molecule has 0 aliphatic carbocycles. The van der Waals surface area contributed by atoms with Crippen molar-refractivity contribution in [3.8, 4) is 11.5 Å². The number of aromatic hydroxyl groups is 2. The Morgan fingerprint density at radius 2 is 1.61 bits per heavy atom. The molecule has 2 N–H and O–H groups in total. The molecule has 1 rings (SSSR count). The molecule has 0 fully saturated rings. The van der Waals surface area contributed by atoms with Crippen LogP contribution in [0.2, 0.25) is 0 Å². The van der Waals surface area contributed by atoms with E-state index in [4.69, 9.17) is 0 Å². The van der Waals surface area contributed by atoms with Gasteiger partial charge in [0, 0.05) is 6.07 Å². The number of phenolic OH excluding ortho intramolecular Hbond substituents is 2. The molecule has 1 aromatic rings. The van der Waals surface area contributed by atoms with E-state index in [1.54, 1.807) is 12.1 Å². The average Bonchev–Trinajstić information content (AvgIpc) is 2.27. The molecular formula is C16H26O2. The predicted molar refractivity (Wildman–Crippen MR) is 76.1 cm³/mol. The molecule has 0 amide bonds. The molecular weight excluding hydrogens is 224 g/mol. The molecule has 0 aromatic heterocycles. The first-order valence-corrected chi connectivity index (χ1v) is 6.89. The van der Waals surface area contributed by atoms with Crippen LogP contribution in [0, 0.1) is 5.41 Å². The first-order chi connectivity index (χ1) is 8.36. The molecule has 102 valence electrons. The van der Waals surface area contributed by atoms with Crippen molar-refractivity contribution in [2.24, 2.45) is 5.41 Å². The van der Waals surface area contributed by atoms with Crippen LogP contribution < -0.4 is 0 Å². The fourth-order valence-electron chi connectivity index (χ4n) is 2.37. The van der Waals surface area contributed by atoms with Crippen molar-refractivity contribution in [3.63, 3.8) is 0 Å². The summed E-state index contributed by atoms with van der Waals surface area (Å²) >= 11 is 0. The van der Waals surface area contributed by atoms with Gasteiger partial charge in [-0.1, -0.05) is 47.0 Å². The molecule has 0 saturated carbocycles. The summed E-state index contributed by atoms with van der Waals surface area (Å²) in [5, 5.41) is 19.1. The highest BCUT2D eigenvalue weighted by Gasteiger charge is 2.27. The van der Waals surface area contributed by atoms with Crippen LogP contribution in [0.5, 0.6) is 11.5 Å². The Hall–Kier alpha value is -1.18. The molecule has 0 heterocycles. The number of unbranched alkanes of at least 4 members (excludes halogenated alkanes) is 2. The van der Waals surface area contributed by atoms with Gasteiger partial charge in [-0.15, -0.1) is 0 Å². The second kappa shape index (κ2) is 6.12. The molecule has 2 nitrogen and oxygen atoms in total. The Morgan fingerprint density at radius 3 is 2.11 bits per heavy atom. The van der Waals surface area contributed by atoms with E-state index in [2.05, 4.69) is 27.7 Å². The topological polar surface area (TPSA) is 40.5 Å². The van der Waals surface area contributed by atoms with Gasteiger partial charge in [-0.2, -0.15) is 0 Å². The normalized spacial score (nSPS) is 13.6. The van der Waals surface area contributed by atoms with Crippen molar-refractivity contribution < 1.29 is 10.2 Å². The molecule has 0 bridgehead atoms. The molecule has 0 saturated heterocycles. The molecule has 18 heavy (non-hydrogen) atoms. The molecule has 0 spiro atoms. The summed E-state index contributed by atoms with van der Waals surface area (Å²) < 4.78 is 0. The average molecular weight is 250 g/mol. The highest BCUT2D eigenvalue weighted by Crippen LogP contribution is 2.41. The maximum absolute atomic E-state index is 9.56. The summed E-state index contributed by atoms with van der Waals surface area (Å²) in [4.78, 5) is 0. The van der Waals surface area contributed by atoms with Crippen LogP contribution in [0.25, 0.3) is 0 Å². The number of phenols is 2. The van der Waals surface area contributed by atoms with Gasteiger partial charge in [-0.3, -0.25) is 0 Å². The lowest BCUT2D eigenvalue weighted by molar-refractivity contribution is 0.265. The zero-order valence-corrected chi connectivity index (χ0v) is 12.0. The van der Waals surface area contributed by atoms with Crippen LogP contribution >= 0.6 is 0 Å². The van der Waals surface area contributed by atoms with Crippen LogP contribution in [0.3, 0.4) is 0 Å². The molecule has 0 aliphatic rings. The minimum Gasteiger partial charge on any atom is -0.508 e. The Kier molecular flexibility index (Phi) is 5.06. The number of hydrogen-bond donors (Lipinski definition) is 2. The second-order valence-corrected chi connectivity index (χ2v) is 5.95. The Labute approximate surface area is 111 Å². The highest BCUT2D eigenvalue weighted by atomic mass is 16.3. The van der Waals surface area contributed by atoms with Crippen LogP contribution in [0.4, 0.5) is 0 Å². The molecule has 0 radical (unpaired) electrons. The van der Waals surface area contributed by atoms with Gasteiger partial charge in [-0.05, 0) is 35.4 Å². The third-order valence-electron chi connectivity index (χ3n) is 4.02. The van der Waals surface area contributed by atoms with Gasteiger partial charge in [-0.25, -0.2) is 0 Å². The zero-order chi connectivity index (χ0) is 13.8. The minimum atomic E-state index is 0.140. The van der Waals surface area contributed by atoms with E-state index in [0.717, 1.165) is 5.56 Å². The first kappa shape index (κ1) is 14.9. The van der Waals surface area contributed by atoms with Crippen molar-refractivity contribution in [2.75, 3.05) is 0 Å². The summed E-state index contributed by atoms with van der Waals surface area (Å²) in [5.41, 5.74) is 1.18. The van der Waals surface area contributed by atoms with Gasteiger partial charge in [0.1, 0.15) is 11.5 Å². The molecule has 2 heteroatoms. The van der Waals surface area contributed by atoms with Crippen LogP contribution in [0.1, 0.15) is 64.9 Å². The zero-order valence-electron chi connectivity index (χ0n) is 12.0. The quantitative estimate of drug-likeness (QED) is 0.711. The summed E-state index contributed by atoms with van der Waals surface area (Å²) in [6.45, 7) is 8.90. The van der Waals surface area contributed by atoms with Crippen molar-refractivity contribution in [1.29, 1.82) is 0 Å². The van der Waals surface area contributed by atoms with Crippen molar-refractivity contribution in [1.82, 2.24) is 0 Å². The lowest BCUT2D eigenvalue weighted by atomic mass is 9.73. The van der Waals surface area contributed by atoms with Crippen LogP contribution in [-0.4, -0.2) is 10.2 Å². The van der Waals surface area contributed by atoms with E-state index in [9.17, 15) is 10.2 Å². The lowest BCUT2D eigenvalue weighted by Crippen LogP contribution is -2.19. The molecule has 1 aromatic carbocycles. The third-order valence-corrected chi connectivity index (χ3v) is 4.02. The van der Waals surface area contributed by atoms with E-state index in [-0.39, 0.29) is 16.9 Å². The van der Waals surface area contributed by atoms with E-state index in [0.29, 0.717) is 5.92 Å². The summed E-state index contributed by atoms with van der Waals surface area (Å²) in [6, 6.07) is 4.89. The SMILES string of the molecule is CCCCCC(C)(C)C(C)c1cc(O)cc(O)c1. The van der Waals surface area contributed by atoms with Crippen LogP contribution in [0.15, 0.2) is 18.2 Å². The molecule has 0 aliphatic heterocycles. The maximum Gasteiger partial charge on any atom is 0.119 e. The lowest BCUT2D eigenvalue weighted by Gasteiger charge is -2.32. The fraction of sp³-hybridized carbons (Fsp3) is 0.625. The Bertz CT molecular complexity index is 362. The number of rotatable bonds is 6. The standard InChI is InChI=1S/C16H26O2/c1-5-6-7-8-16(3,4)12(2)13-9-14(17)11-15(18)10-13/h9-12,17-18H,5-8H2,1-4H3. The van der Waals surface area contributed by atoms with Crippen molar-refractivity contribution >= 4 is 0 Å². The third kappa shape index (κ3) is 3.94. The van der Waals surface area contributed by atoms with E-state index in [1.165, 1.54) is 31.7 Å². The minimum absolute atomic E-state index is 0.140. The highest BCUT2D eigenvalue weighted by molar-refractivity contribution is 5.38. The van der Waals surface area contributed by atoms with Crippen molar-refractivity contribution in [2.45, 2.75) is 59.3 Å². The Morgan fingerprint density at radius 1 is 1.06 bits per heavy atom. The second-order valence-electron chi connectivity index (χ2n) is 5.95. The van der Waals surface area contributed by atoms with Gasteiger partial charge in [0.25, 0.3) is 0 Å². The van der Waals surface area contributed by atoms with Gasteiger partial charge in [0.2, 0.25) is 0 Å². The van der Waals surface area contributed by atoms with E-state index in [1.807, 2.05) is 0 Å². The monoisotopic (exact) mass is 250 g/mol.